The average Bonchev–Trinajstić information content (AvgIpc) is 2.33. The fourth-order valence-electron chi connectivity index (χ4n) is 2.49. The molecule has 2 N–H and O–H groups in total. The van der Waals surface area contributed by atoms with E-state index in [1.165, 1.54) is 0 Å². The maximum absolute atomic E-state index is 12.0. The van der Waals surface area contributed by atoms with Crippen molar-refractivity contribution in [3.05, 3.63) is 23.8 Å². The van der Waals surface area contributed by atoms with Crippen LogP contribution in [0.15, 0.2) is 23.8 Å². The lowest BCUT2D eigenvalue weighted by atomic mass is 9.77. The van der Waals surface area contributed by atoms with Crippen LogP contribution in [0, 0.1) is 11.8 Å². The molecule has 0 bridgehead atoms. The van der Waals surface area contributed by atoms with E-state index < -0.39 is 6.10 Å². The first-order chi connectivity index (χ1) is 8.86. The highest BCUT2D eigenvalue weighted by molar-refractivity contribution is 5.93. The quantitative estimate of drug-likeness (QED) is 0.441. The summed E-state index contributed by atoms with van der Waals surface area (Å²) in [4.78, 5) is 16.3. The van der Waals surface area contributed by atoms with E-state index in [4.69, 9.17) is 5.26 Å². The maximum atomic E-state index is 12.0. The van der Waals surface area contributed by atoms with Crippen LogP contribution >= 0.6 is 0 Å². The molecule has 1 aliphatic rings. The Kier molecular flexibility index (Phi) is 5.91. The van der Waals surface area contributed by atoms with Crippen molar-refractivity contribution in [1.82, 2.24) is 0 Å². The molecule has 108 valence electrons. The van der Waals surface area contributed by atoms with Gasteiger partial charge in [0.2, 0.25) is 0 Å². The van der Waals surface area contributed by atoms with Gasteiger partial charge in [-0.05, 0) is 56.3 Å². The SMILES string of the molecule is C=C(C)[C@@H](CC[C@@H](C)[C@@H]1C[C@H](O)C(C)=CC1=O)OO. The van der Waals surface area contributed by atoms with Gasteiger partial charge in [-0.25, -0.2) is 4.89 Å². The molecular formula is C15H24O4. The van der Waals surface area contributed by atoms with Crippen LogP contribution in [0.25, 0.3) is 0 Å². The Bertz CT molecular complexity index is 372. The first-order valence-electron chi connectivity index (χ1n) is 6.72. The summed E-state index contributed by atoms with van der Waals surface area (Å²) >= 11 is 0. The second-order valence-corrected chi connectivity index (χ2v) is 5.64. The van der Waals surface area contributed by atoms with Crippen LogP contribution in [0.5, 0.6) is 0 Å². The zero-order valence-electron chi connectivity index (χ0n) is 11.9. The standard InChI is InChI=1S/C15H24O4/c1-9(2)15(19-18)6-5-10(3)12-8-13(16)11(4)7-14(12)17/h7,10,12-13,15-16,18H,1,5-6,8H2,2-4H3/t10-,12+,13+,15-/m1/s1. The molecule has 0 amide bonds. The molecule has 19 heavy (non-hydrogen) atoms. The zero-order valence-corrected chi connectivity index (χ0v) is 11.9. The van der Waals surface area contributed by atoms with Gasteiger partial charge < -0.3 is 5.11 Å². The second-order valence-electron chi connectivity index (χ2n) is 5.64. The molecule has 0 heterocycles. The molecule has 4 heteroatoms. The predicted molar refractivity (Wildman–Crippen MR) is 73.6 cm³/mol. The van der Waals surface area contributed by atoms with E-state index in [2.05, 4.69) is 11.5 Å². The lowest BCUT2D eigenvalue weighted by Gasteiger charge is -2.29. The molecule has 0 radical (unpaired) electrons. The molecule has 0 aromatic carbocycles. The van der Waals surface area contributed by atoms with Crippen LogP contribution < -0.4 is 0 Å². The normalized spacial score (nSPS) is 26.8. The van der Waals surface area contributed by atoms with Gasteiger partial charge in [-0.15, -0.1) is 0 Å². The van der Waals surface area contributed by atoms with Crippen molar-refractivity contribution in [2.45, 2.75) is 52.2 Å². The minimum absolute atomic E-state index is 0.0899. The third-order valence-corrected chi connectivity index (χ3v) is 3.99. The summed E-state index contributed by atoms with van der Waals surface area (Å²) in [5.74, 6) is 0.0822. The van der Waals surface area contributed by atoms with Crippen molar-refractivity contribution in [1.29, 1.82) is 0 Å². The Morgan fingerprint density at radius 3 is 2.74 bits per heavy atom. The van der Waals surface area contributed by atoms with Crippen LogP contribution in [-0.2, 0) is 9.68 Å². The lowest BCUT2D eigenvalue weighted by molar-refractivity contribution is -0.270. The molecule has 0 saturated heterocycles. The number of carbonyl (C=O) groups excluding carboxylic acids is 1. The average molecular weight is 268 g/mol. The lowest BCUT2D eigenvalue weighted by Crippen LogP contribution is -2.31. The van der Waals surface area contributed by atoms with Crippen molar-refractivity contribution in [3.8, 4) is 0 Å². The molecule has 4 nitrogen and oxygen atoms in total. The van der Waals surface area contributed by atoms with E-state index >= 15 is 0 Å². The van der Waals surface area contributed by atoms with Gasteiger partial charge in [0.25, 0.3) is 0 Å². The van der Waals surface area contributed by atoms with Gasteiger partial charge in [-0.3, -0.25) is 10.1 Å². The number of carbonyl (C=O) groups is 1. The summed E-state index contributed by atoms with van der Waals surface area (Å²) in [5, 5.41) is 18.6. The van der Waals surface area contributed by atoms with Gasteiger partial charge in [-0.2, -0.15) is 0 Å². The Morgan fingerprint density at radius 1 is 1.58 bits per heavy atom. The smallest absolute Gasteiger partial charge is 0.159 e. The molecule has 0 aromatic heterocycles. The fourth-order valence-corrected chi connectivity index (χ4v) is 2.49. The Balaban J connectivity index is 2.57. The summed E-state index contributed by atoms with van der Waals surface area (Å²) in [6, 6.07) is 0. The van der Waals surface area contributed by atoms with Crippen LogP contribution in [0.1, 0.15) is 40.0 Å². The zero-order chi connectivity index (χ0) is 14.6. The highest BCUT2D eigenvalue weighted by Gasteiger charge is 2.31. The number of rotatable bonds is 6. The van der Waals surface area contributed by atoms with E-state index in [9.17, 15) is 9.90 Å². The number of ketones is 1. The molecule has 0 aromatic rings. The van der Waals surface area contributed by atoms with Crippen molar-refractivity contribution in [2.24, 2.45) is 11.8 Å². The topological polar surface area (TPSA) is 66.8 Å². The van der Waals surface area contributed by atoms with E-state index in [-0.39, 0.29) is 23.7 Å². The number of allylic oxidation sites excluding steroid dienone is 1. The molecule has 0 aliphatic heterocycles. The molecular weight excluding hydrogens is 244 g/mol. The monoisotopic (exact) mass is 268 g/mol. The molecule has 1 aliphatic carbocycles. The van der Waals surface area contributed by atoms with E-state index in [0.29, 0.717) is 12.8 Å². The molecule has 0 fully saturated rings. The van der Waals surface area contributed by atoms with Crippen molar-refractivity contribution in [2.75, 3.05) is 0 Å². The van der Waals surface area contributed by atoms with Crippen LogP contribution in [-0.4, -0.2) is 28.4 Å². The third kappa shape index (κ3) is 4.27. The van der Waals surface area contributed by atoms with E-state index in [1.54, 1.807) is 19.9 Å². The first-order valence-corrected chi connectivity index (χ1v) is 6.72. The maximum Gasteiger partial charge on any atom is 0.159 e. The molecule has 1 rings (SSSR count). The van der Waals surface area contributed by atoms with Gasteiger partial charge in [0.1, 0.15) is 6.10 Å². The highest BCUT2D eigenvalue weighted by Crippen LogP contribution is 2.30. The molecule has 0 saturated carbocycles. The third-order valence-electron chi connectivity index (χ3n) is 3.99. The minimum Gasteiger partial charge on any atom is -0.389 e. The highest BCUT2D eigenvalue weighted by atomic mass is 17.1. The van der Waals surface area contributed by atoms with Gasteiger partial charge >= 0.3 is 0 Å². The van der Waals surface area contributed by atoms with Crippen LogP contribution in [0.3, 0.4) is 0 Å². The van der Waals surface area contributed by atoms with Crippen LogP contribution in [0.4, 0.5) is 0 Å². The Morgan fingerprint density at radius 2 is 2.21 bits per heavy atom. The van der Waals surface area contributed by atoms with E-state index in [0.717, 1.165) is 17.6 Å². The summed E-state index contributed by atoms with van der Waals surface area (Å²) in [6.45, 7) is 9.33. The van der Waals surface area contributed by atoms with Crippen molar-refractivity contribution < 1.29 is 20.0 Å². The Labute approximate surface area is 114 Å². The van der Waals surface area contributed by atoms with Crippen molar-refractivity contribution in [3.63, 3.8) is 0 Å². The van der Waals surface area contributed by atoms with E-state index in [1.807, 2.05) is 6.92 Å². The summed E-state index contributed by atoms with van der Waals surface area (Å²) in [6.07, 6.45) is 2.50. The fraction of sp³-hybridized carbons (Fsp3) is 0.667. The largest absolute Gasteiger partial charge is 0.389 e. The van der Waals surface area contributed by atoms with Gasteiger partial charge in [0, 0.05) is 5.92 Å². The van der Waals surface area contributed by atoms with Crippen LogP contribution in [0.2, 0.25) is 0 Å². The summed E-state index contributed by atoms with van der Waals surface area (Å²) in [7, 11) is 0. The number of hydrogen-bond acceptors (Lipinski definition) is 4. The van der Waals surface area contributed by atoms with Gasteiger partial charge in [0.05, 0.1) is 6.10 Å². The predicted octanol–water partition coefficient (Wildman–Crippen LogP) is 2.73. The first kappa shape index (κ1) is 16.1. The second kappa shape index (κ2) is 6.98. The number of hydrogen-bond donors (Lipinski definition) is 2. The van der Waals surface area contributed by atoms with Gasteiger partial charge in [0.15, 0.2) is 5.78 Å². The number of aliphatic hydroxyl groups excluding tert-OH is 1. The molecule has 0 unspecified atom stereocenters. The summed E-state index contributed by atoms with van der Waals surface area (Å²) in [5.41, 5.74) is 1.51. The van der Waals surface area contributed by atoms with Crippen molar-refractivity contribution >= 4 is 5.78 Å². The number of aliphatic hydroxyl groups is 1. The molecule has 0 spiro atoms. The minimum atomic E-state index is -0.517. The van der Waals surface area contributed by atoms with Gasteiger partial charge in [-0.1, -0.05) is 13.5 Å². The molecule has 4 atom stereocenters. The Hall–Kier alpha value is -0.970. The summed E-state index contributed by atoms with van der Waals surface area (Å²) < 4.78 is 0.